The van der Waals surface area contributed by atoms with Crippen molar-refractivity contribution >= 4 is 5.97 Å². The molecule has 1 N–H and O–H groups in total. The van der Waals surface area contributed by atoms with E-state index in [1.807, 2.05) is 0 Å². The van der Waals surface area contributed by atoms with Crippen molar-refractivity contribution in [2.45, 2.75) is 0 Å². The van der Waals surface area contributed by atoms with Gasteiger partial charge in [-0.1, -0.05) is 24.3 Å². The van der Waals surface area contributed by atoms with Crippen LogP contribution in [0.2, 0.25) is 0 Å². The molecule has 0 aliphatic rings. The number of halogens is 3. The van der Waals surface area contributed by atoms with Gasteiger partial charge in [0.05, 0.1) is 0 Å². The maximum absolute atomic E-state index is 13.6. The summed E-state index contributed by atoms with van der Waals surface area (Å²) in [7, 11) is 0. The van der Waals surface area contributed by atoms with E-state index >= 15 is 0 Å². The topological polar surface area (TPSA) is 37.3 Å². The molecule has 0 aliphatic heterocycles. The summed E-state index contributed by atoms with van der Waals surface area (Å²) in [6.45, 7) is 0. The van der Waals surface area contributed by atoms with Gasteiger partial charge in [0.1, 0.15) is 11.4 Å². The lowest BCUT2D eigenvalue weighted by atomic mass is 9.98. The highest BCUT2D eigenvalue weighted by atomic mass is 19.2. The number of rotatable bonds is 2. The van der Waals surface area contributed by atoms with Gasteiger partial charge in [0.15, 0.2) is 11.6 Å². The van der Waals surface area contributed by atoms with Crippen LogP contribution in [0.5, 0.6) is 0 Å². The smallest absolute Gasteiger partial charge is 0.339 e. The maximum atomic E-state index is 13.6. The minimum atomic E-state index is -1.54. The Labute approximate surface area is 100 Å². The van der Waals surface area contributed by atoms with Crippen molar-refractivity contribution in [3.63, 3.8) is 0 Å². The van der Waals surface area contributed by atoms with Crippen LogP contribution in [0.25, 0.3) is 11.1 Å². The summed E-state index contributed by atoms with van der Waals surface area (Å²) in [4.78, 5) is 11.0. The monoisotopic (exact) mass is 252 g/mol. The highest BCUT2D eigenvalue weighted by Gasteiger charge is 2.20. The van der Waals surface area contributed by atoms with E-state index in [1.165, 1.54) is 24.3 Å². The number of hydrogen-bond donors (Lipinski definition) is 1. The normalized spacial score (nSPS) is 10.4. The van der Waals surface area contributed by atoms with Gasteiger partial charge in [-0.2, -0.15) is 0 Å². The molecule has 2 rings (SSSR count). The third kappa shape index (κ3) is 1.95. The highest BCUT2D eigenvalue weighted by molar-refractivity contribution is 5.96. The highest BCUT2D eigenvalue weighted by Crippen LogP contribution is 2.29. The van der Waals surface area contributed by atoms with Gasteiger partial charge in [0, 0.05) is 11.1 Å². The van der Waals surface area contributed by atoms with Gasteiger partial charge < -0.3 is 5.11 Å². The Hall–Kier alpha value is -2.30. The van der Waals surface area contributed by atoms with Crippen LogP contribution in [0, 0.1) is 17.5 Å². The third-order valence-electron chi connectivity index (χ3n) is 2.47. The molecule has 0 heterocycles. The predicted molar refractivity (Wildman–Crippen MR) is 58.7 cm³/mol. The molecule has 0 radical (unpaired) electrons. The van der Waals surface area contributed by atoms with Crippen molar-refractivity contribution in [2.75, 3.05) is 0 Å². The first-order chi connectivity index (χ1) is 8.52. The number of carboxylic acid groups (broad SMARTS) is 1. The average molecular weight is 252 g/mol. The molecule has 2 nitrogen and oxygen atoms in total. The fourth-order valence-corrected chi connectivity index (χ4v) is 1.68. The maximum Gasteiger partial charge on any atom is 0.339 e. The summed E-state index contributed by atoms with van der Waals surface area (Å²) in [5.41, 5.74) is -1.16. The molecule has 2 aromatic carbocycles. The molecular formula is C13H7F3O2. The summed E-state index contributed by atoms with van der Waals surface area (Å²) in [6.07, 6.45) is 0. The molecule has 0 fully saturated rings. The molecule has 92 valence electrons. The lowest BCUT2D eigenvalue weighted by molar-refractivity contribution is 0.0693. The number of carboxylic acids is 1. The Morgan fingerprint density at radius 2 is 1.44 bits per heavy atom. The van der Waals surface area contributed by atoms with E-state index in [-0.39, 0.29) is 11.1 Å². The zero-order valence-corrected chi connectivity index (χ0v) is 8.95. The van der Waals surface area contributed by atoms with Crippen LogP contribution in [0.15, 0.2) is 36.4 Å². The first-order valence-electron chi connectivity index (χ1n) is 4.98. The zero-order valence-electron chi connectivity index (χ0n) is 8.95. The van der Waals surface area contributed by atoms with E-state index < -0.39 is 29.0 Å². The second-order valence-corrected chi connectivity index (χ2v) is 3.57. The van der Waals surface area contributed by atoms with Crippen LogP contribution >= 0.6 is 0 Å². The van der Waals surface area contributed by atoms with Gasteiger partial charge in [-0.3, -0.25) is 0 Å². The largest absolute Gasteiger partial charge is 0.478 e. The molecule has 5 heteroatoms. The van der Waals surface area contributed by atoms with E-state index in [2.05, 4.69) is 0 Å². The molecule has 0 spiro atoms. The minimum Gasteiger partial charge on any atom is -0.478 e. The summed E-state index contributed by atoms with van der Waals surface area (Å²) >= 11 is 0. The molecule has 18 heavy (non-hydrogen) atoms. The quantitative estimate of drug-likeness (QED) is 0.888. The number of benzene rings is 2. The number of hydrogen-bond acceptors (Lipinski definition) is 1. The zero-order chi connectivity index (χ0) is 13.3. The number of aromatic carboxylic acids is 1. The molecule has 0 saturated heterocycles. The van der Waals surface area contributed by atoms with Crippen LogP contribution in [-0.2, 0) is 0 Å². The molecule has 0 saturated carbocycles. The Bertz CT molecular complexity index is 624. The Morgan fingerprint density at radius 3 is 2.06 bits per heavy atom. The van der Waals surface area contributed by atoms with E-state index in [4.69, 9.17) is 5.11 Å². The van der Waals surface area contributed by atoms with Gasteiger partial charge in [0.2, 0.25) is 0 Å². The number of carbonyl (C=O) groups is 1. The second-order valence-electron chi connectivity index (χ2n) is 3.57. The van der Waals surface area contributed by atoms with E-state index in [0.717, 1.165) is 12.1 Å². The molecule has 2 aromatic rings. The Balaban J connectivity index is 2.75. The van der Waals surface area contributed by atoms with E-state index in [9.17, 15) is 18.0 Å². The molecular weight excluding hydrogens is 245 g/mol. The van der Waals surface area contributed by atoms with Crippen molar-refractivity contribution in [3.8, 4) is 11.1 Å². The first kappa shape index (κ1) is 12.2. The van der Waals surface area contributed by atoms with Crippen LogP contribution in [0.4, 0.5) is 13.2 Å². The van der Waals surface area contributed by atoms with E-state index in [0.29, 0.717) is 0 Å². The Kier molecular flexibility index (Phi) is 3.06. The standard InChI is InChI=1S/C13H7F3O2/c14-9-5-1-3-7(11(9)13(17)18)8-4-2-6-10(15)12(8)16/h1-6H,(H,17,18). The van der Waals surface area contributed by atoms with Gasteiger partial charge >= 0.3 is 5.97 Å². The van der Waals surface area contributed by atoms with Crippen LogP contribution in [0.3, 0.4) is 0 Å². The lowest BCUT2D eigenvalue weighted by Crippen LogP contribution is -2.04. The fraction of sp³-hybridized carbons (Fsp3) is 0. The predicted octanol–water partition coefficient (Wildman–Crippen LogP) is 3.47. The first-order valence-corrected chi connectivity index (χ1v) is 4.98. The third-order valence-corrected chi connectivity index (χ3v) is 2.47. The fourth-order valence-electron chi connectivity index (χ4n) is 1.68. The summed E-state index contributed by atoms with van der Waals surface area (Å²) in [5, 5.41) is 8.91. The van der Waals surface area contributed by atoms with Gasteiger partial charge in [-0.25, -0.2) is 18.0 Å². The van der Waals surface area contributed by atoms with Crippen LogP contribution < -0.4 is 0 Å². The van der Waals surface area contributed by atoms with E-state index in [1.54, 1.807) is 0 Å². The molecule has 0 aromatic heterocycles. The van der Waals surface area contributed by atoms with Crippen LogP contribution in [0.1, 0.15) is 10.4 Å². The molecule has 0 atom stereocenters. The van der Waals surface area contributed by atoms with Crippen molar-refractivity contribution in [1.29, 1.82) is 0 Å². The minimum absolute atomic E-state index is 0.195. The molecule has 0 unspecified atom stereocenters. The van der Waals surface area contributed by atoms with Gasteiger partial charge in [-0.05, 0) is 12.1 Å². The van der Waals surface area contributed by atoms with Crippen molar-refractivity contribution < 1.29 is 23.1 Å². The SMILES string of the molecule is O=C(O)c1c(F)cccc1-c1cccc(F)c1F. The van der Waals surface area contributed by atoms with Crippen LogP contribution in [-0.4, -0.2) is 11.1 Å². The summed E-state index contributed by atoms with van der Waals surface area (Å²) in [5.74, 6) is -4.85. The van der Waals surface area contributed by atoms with Gasteiger partial charge in [-0.15, -0.1) is 0 Å². The second kappa shape index (κ2) is 4.52. The van der Waals surface area contributed by atoms with Crippen molar-refractivity contribution in [3.05, 3.63) is 59.4 Å². The molecule has 0 amide bonds. The lowest BCUT2D eigenvalue weighted by Gasteiger charge is -2.08. The Morgan fingerprint density at radius 1 is 0.889 bits per heavy atom. The summed E-state index contributed by atoms with van der Waals surface area (Å²) in [6, 6.07) is 6.73. The average Bonchev–Trinajstić information content (AvgIpc) is 2.32. The van der Waals surface area contributed by atoms with Crippen molar-refractivity contribution in [2.24, 2.45) is 0 Å². The molecule has 0 bridgehead atoms. The summed E-state index contributed by atoms with van der Waals surface area (Å²) < 4.78 is 40.1. The van der Waals surface area contributed by atoms with Crippen molar-refractivity contribution in [1.82, 2.24) is 0 Å². The van der Waals surface area contributed by atoms with Gasteiger partial charge in [0.25, 0.3) is 0 Å². The molecule has 0 aliphatic carbocycles.